The molecule has 9 heavy (non-hydrogen) atoms. The maximum Gasteiger partial charge on any atom is 0.417 e. The zero-order chi connectivity index (χ0) is 7.28. The number of hydrogen-bond donors (Lipinski definition) is 1. The average molecular weight is 165 g/mol. The van der Waals surface area contributed by atoms with E-state index in [1.54, 1.807) is 6.92 Å². The van der Waals surface area contributed by atoms with Crippen LogP contribution in [0, 0.1) is 0 Å². The molecule has 0 aliphatic heterocycles. The first-order valence-electron chi connectivity index (χ1n) is 2.18. The molecule has 0 aromatic carbocycles. The van der Waals surface area contributed by atoms with Crippen LogP contribution in [-0.2, 0) is 4.74 Å². The van der Waals surface area contributed by atoms with Crippen LogP contribution in [0.5, 0.6) is 0 Å². The van der Waals surface area contributed by atoms with E-state index in [1.807, 2.05) is 0 Å². The Balaban J connectivity index is 3.28. The summed E-state index contributed by atoms with van der Waals surface area (Å²) in [4.78, 5) is 10.3. The molecule has 52 valence electrons. The van der Waals surface area contributed by atoms with E-state index in [-0.39, 0.29) is 0 Å². The molecule has 0 rings (SSSR count). The maximum absolute atomic E-state index is 10.3. The van der Waals surface area contributed by atoms with Crippen molar-refractivity contribution in [2.24, 2.45) is 0 Å². The van der Waals surface area contributed by atoms with Gasteiger partial charge in [0.1, 0.15) is 0 Å². The van der Waals surface area contributed by atoms with Crippen LogP contribution in [0.3, 0.4) is 0 Å². The van der Waals surface area contributed by atoms with Crippen LogP contribution in [0.1, 0.15) is 6.92 Å². The van der Waals surface area contributed by atoms with Gasteiger partial charge in [0.15, 0.2) is 0 Å². The van der Waals surface area contributed by atoms with Crippen LogP contribution in [0.25, 0.3) is 0 Å². The molecular weight excluding hydrogens is 158 g/mol. The molecule has 0 aromatic rings. The fourth-order valence-corrected chi connectivity index (χ4v) is 0.591. The van der Waals surface area contributed by atoms with E-state index in [2.05, 4.69) is 21.7 Å². The Labute approximate surface area is 63.3 Å². The molecule has 1 amide bonds. The quantitative estimate of drug-likeness (QED) is 0.434. The van der Waals surface area contributed by atoms with Crippen LogP contribution in [0.2, 0.25) is 0 Å². The standard InChI is InChI=1S/C4H7NO2S2/c1-3(8)9-5-4(6)7-2/h1-2H3,(H,5,6). The van der Waals surface area contributed by atoms with Crippen molar-refractivity contribution in [3.63, 3.8) is 0 Å². The molecule has 3 nitrogen and oxygen atoms in total. The largest absolute Gasteiger partial charge is 0.452 e. The molecule has 0 saturated heterocycles. The molecule has 0 spiro atoms. The monoisotopic (exact) mass is 165 g/mol. The van der Waals surface area contributed by atoms with Gasteiger partial charge in [0, 0.05) is 0 Å². The highest BCUT2D eigenvalue weighted by Crippen LogP contribution is 1.96. The molecule has 0 aromatic heterocycles. The Hall–Kier alpha value is -0.290. The van der Waals surface area contributed by atoms with E-state index in [4.69, 9.17) is 0 Å². The van der Waals surface area contributed by atoms with Crippen molar-refractivity contribution < 1.29 is 9.53 Å². The highest BCUT2D eigenvalue weighted by atomic mass is 32.2. The van der Waals surface area contributed by atoms with Crippen molar-refractivity contribution >= 4 is 34.5 Å². The summed E-state index contributed by atoms with van der Waals surface area (Å²) in [7, 11) is 1.30. The predicted molar refractivity (Wildman–Crippen MR) is 41.4 cm³/mol. The zero-order valence-corrected chi connectivity index (χ0v) is 6.77. The minimum atomic E-state index is -0.482. The van der Waals surface area contributed by atoms with E-state index < -0.39 is 6.09 Å². The third-order valence-electron chi connectivity index (χ3n) is 0.463. The Bertz CT molecular complexity index is 126. The highest BCUT2D eigenvalue weighted by Gasteiger charge is 1.96. The lowest BCUT2D eigenvalue weighted by atomic mass is 11.0. The van der Waals surface area contributed by atoms with E-state index in [0.29, 0.717) is 4.20 Å². The normalized spacial score (nSPS) is 8.22. The van der Waals surface area contributed by atoms with Gasteiger partial charge in [-0.25, -0.2) is 4.79 Å². The number of ether oxygens (including phenoxy) is 1. The van der Waals surface area contributed by atoms with Gasteiger partial charge in [-0.1, -0.05) is 12.2 Å². The summed E-state index contributed by atoms with van der Waals surface area (Å²) < 4.78 is 7.27. The van der Waals surface area contributed by atoms with Gasteiger partial charge in [-0.3, -0.25) is 4.72 Å². The highest BCUT2D eigenvalue weighted by molar-refractivity contribution is 8.22. The van der Waals surface area contributed by atoms with E-state index in [0.717, 1.165) is 11.9 Å². The second kappa shape index (κ2) is 4.58. The second-order valence-corrected chi connectivity index (χ2v) is 3.08. The van der Waals surface area contributed by atoms with E-state index in [1.165, 1.54) is 7.11 Å². The summed E-state index contributed by atoms with van der Waals surface area (Å²) in [5, 5.41) is 0. The number of carbonyl (C=O) groups excluding carboxylic acids is 1. The molecule has 0 aliphatic carbocycles. The van der Waals surface area contributed by atoms with Crippen molar-refractivity contribution in [1.82, 2.24) is 4.72 Å². The van der Waals surface area contributed by atoms with Crippen molar-refractivity contribution in [2.45, 2.75) is 6.92 Å². The number of nitrogens with one attached hydrogen (secondary N) is 1. The number of hydrogen-bond acceptors (Lipinski definition) is 4. The second-order valence-electron chi connectivity index (χ2n) is 1.19. The molecule has 0 aliphatic rings. The number of amides is 1. The lowest BCUT2D eigenvalue weighted by molar-refractivity contribution is 0.178. The molecule has 0 atom stereocenters. The maximum atomic E-state index is 10.3. The summed E-state index contributed by atoms with van der Waals surface area (Å²) >= 11 is 5.73. The lowest BCUT2D eigenvalue weighted by Crippen LogP contribution is -2.15. The first-order valence-corrected chi connectivity index (χ1v) is 3.40. The van der Waals surface area contributed by atoms with Gasteiger partial charge >= 0.3 is 6.09 Å². The van der Waals surface area contributed by atoms with Gasteiger partial charge in [-0.15, -0.1) is 0 Å². The number of thiocarbonyl (C=S) groups is 1. The molecule has 0 bridgehead atoms. The van der Waals surface area contributed by atoms with Crippen LogP contribution in [-0.4, -0.2) is 17.4 Å². The SMILES string of the molecule is COC(=O)NSC(C)=S. The predicted octanol–water partition coefficient (Wildman–Crippen LogP) is 1.34. The first-order chi connectivity index (χ1) is 4.16. The van der Waals surface area contributed by atoms with Crippen LogP contribution in [0.15, 0.2) is 0 Å². The van der Waals surface area contributed by atoms with E-state index >= 15 is 0 Å². The number of rotatable bonds is 0. The summed E-state index contributed by atoms with van der Waals surface area (Å²) in [6.45, 7) is 1.72. The minimum Gasteiger partial charge on any atom is -0.452 e. The molecule has 0 radical (unpaired) electrons. The van der Waals surface area contributed by atoms with Gasteiger partial charge in [-0.2, -0.15) is 0 Å². The fourth-order valence-electron chi connectivity index (χ4n) is 0.155. The molecule has 0 saturated carbocycles. The molecule has 1 N–H and O–H groups in total. The smallest absolute Gasteiger partial charge is 0.417 e. The van der Waals surface area contributed by atoms with Crippen molar-refractivity contribution in [2.75, 3.05) is 7.11 Å². The Morgan fingerprint density at radius 2 is 2.33 bits per heavy atom. The van der Waals surface area contributed by atoms with Gasteiger partial charge in [0.05, 0.1) is 11.3 Å². The molecule has 5 heteroatoms. The first kappa shape index (κ1) is 8.71. The third-order valence-corrected chi connectivity index (χ3v) is 1.27. The van der Waals surface area contributed by atoms with Gasteiger partial charge < -0.3 is 4.74 Å². The summed E-state index contributed by atoms with van der Waals surface area (Å²) in [6, 6.07) is 0. The van der Waals surface area contributed by atoms with Gasteiger partial charge in [-0.05, 0) is 18.9 Å². The fraction of sp³-hybridized carbons (Fsp3) is 0.500. The van der Waals surface area contributed by atoms with Crippen LogP contribution < -0.4 is 4.72 Å². The summed E-state index contributed by atoms with van der Waals surface area (Å²) in [5.74, 6) is 0. The summed E-state index contributed by atoms with van der Waals surface area (Å²) in [6.07, 6.45) is -0.482. The average Bonchev–Trinajstić information content (AvgIpc) is 1.83. The summed E-state index contributed by atoms with van der Waals surface area (Å²) in [5.41, 5.74) is 0. The van der Waals surface area contributed by atoms with Gasteiger partial charge in [0.25, 0.3) is 0 Å². The van der Waals surface area contributed by atoms with Crippen molar-refractivity contribution in [1.29, 1.82) is 0 Å². The minimum absolute atomic E-state index is 0.482. The third kappa shape index (κ3) is 5.58. The topological polar surface area (TPSA) is 38.3 Å². The lowest BCUT2D eigenvalue weighted by Gasteiger charge is -1.98. The van der Waals surface area contributed by atoms with Crippen LogP contribution in [0.4, 0.5) is 4.79 Å². The molecule has 0 heterocycles. The zero-order valence-electron chi connectivity index (χ0n) is 5.13. The molecule has 0 fully saturated rings. The number of carbonyl (C=O) groups is 1. The Morgan fingerprint density at radius 1 is 1.78 bits per heavy atom. The molecular formula is C4H7NO2S2. The van der Waals surface area contributed by atoms with Gasteiger partial charge in [0.2, 0.25) is 0 Å². The molecule has 0 unspecified atom stereocenters. The van der Waals surface area contributed by atoms with Crippen molar-refractivity contribution in [3.8, 4) is 0 Å². The Morgan fingerprint density at radius 3 is 2.67 bits per heavy atom. The van der Waals surface area contributed by atoms with Crippen LogP contribution >= 0.6 is 24.2 Å². The van der Waals surface area contributed by atoms with Crippen molar-refractivity contribution in [3.05, 3.63) is 0 Å². The number of methoxy groups -OCH3 is 1. The van der Waals surface area contributed by atoms with E-state index in [9.17, 15) is 4.79 Å². The Kier molecular flexibility index (Phi) is 4.43.